The molecule has 0 aliphatic carbocycles. The molecule has 2 N–H and O–H groups in total. The van der Waals surface area contributed by atoms with Gasteiger partial charge in [0.05, 0.1) is 11.4 Å². The highest BCUT2D eigenvalue weighted by molar-refractivity contribution is 9.10. The van der Waals surface area contributed by atoms with E-state index in [0.29, 0.717) is 5.82 Å². The maximum absolute atomic E-state index is 5.94. The number of aryl methyl sites for hydroxylation is 1. The number of benzene rings is 1. The van der Waals surface area contributed by atoms with Crippen LogP contribution in [0.4, 0.5) is 5.82 Å². The number of anilines is 1. The second-order valence-corrected chi connectivity index (χ2v) is 6.29. The van der Waals surface area contributed by atoms with Crippen LogP contribution < -0.4 is 5.73 Å². The number of rotatable bonds is 1. The third-order valence-electron chi connectivity index (χ3n) is 2.74. The molecule has 0 spiro atoms. The molecule has 0 radical (unpaired) electrons. The molecule has 1 heterocycles. The van der Waals surface area contributed by atoms with Crippen LogP contribution in [-0.2, 0) is 5.41 Å². The largest absolute Gasteiger partial charge is 0.381 e. The summed E-state index contributed by atoms with van der Waals surface area (Å²) in [6, 6.07) is 6.12. The van der Waals surface area contributed by atoms with E-state index in [9.17, 15) is 0 Å². The van der Waals surface area contributed by atoms with Crippen molar-refractivity contribution in [3.05, 3.63) is 33.9 Å². The number of hydrogen-bond acceptors (Lipinski definition) is 3. The molecule has 0 aliphatic heterocycles. The van der Waals surface area contributed by atoms with E-state index in [4.69, 9.17) is 5.73 Å². The van der Waals surface area contributed by atoms with Gasteiger partial charge < -0.3 is 5.73 Å². The van der Waals surface area contributed by atoms with Crippen LogP contribution in [0.15, 0.2) is 22.7 Å². The van der Waals surface area contributed by atoms with Gasteiger partial charge in [-0.25, -0.2) is 4.68 Å². The van der Waals surface area contributed by atoms with Crippen LogP contribution in [0.3, 0.4) is 0 Å². The highest BCUT2D eigenvalue weighted by atomic mass is 79.9. The van der Waals surface area contributed by atoms with Crippen LogP contribution in [-0.4, -0.2) is 15.0 Å². The Morgan fingerprint density at radius 1 is 1.28 bits per heavy atom. The monoisotopic (exact) mass is 308 g/mol. The molecule has 0 unspecified atom stereocenters. The first-order chi connectivity index (χ1) is 8.30. The molecule has 1 aromatic heterocycles. The molecule has 0 saturated carbocycles. The molecule has 2 aromatic rings. The van der Waals surface area contributed by atoms with Crippen molar-refractivity contribution in [1.29, 1.82) is 0 Å². The summed E-state index contributed by atoms with van der Waals surface area (Å²) in [4.78, 5) is 0. The van der Waals surface area contributed by atoms with Crippen molar-refractivity contribution in [3.63, 3.8) is 0 Å². The number of nitrogens with zero attached hydrogens (tertiary/aromatic N) is 3. The summed E-state index contributed by atoms with van der Waals surface area (Å²) >= 11 is 3.56. The molecule has 96 valence electrons. The van der Waals surface area contributed by atoms with Gasteiger partial charge in [0.1, 0.15) is 0 Å². The lowest BCUT2D eigenvalue weighted by Gasteiger charge is -2.20. The molecule has 0 aliphatic rings. The predicted octanol–water partition coefficient (Wildman–Crippen LogP) is 3.22. The van der Waals surface area contributed by atoms with E-state index in [1.54, 1.807) is 4.68 Å². The minimum atomic E-state index is -0.113. The van der Waals surface area contributed by atoms with Crippen LogP contribution in [0.1, 0.15) is 32.0 Å². The van der Waals surface area contributed by atoms with Gasteiger partial charge in [-0.2, -0.15) is 0 Å². The maximum atomic E-state index is 5.94. The number of aromatic nitrogens is 3. The fourth-order valence-electron chi connectivity index (χ4n) is 1.95. The number of nitrogens with two attached hydrogens (primary N) is 1. The summed E-state index contributed by atoms with van der Waals surface area (Å²) in [6.45, 7) is 8.34. The van der Waals surface area contributed by atoms with Crippen molar-refractivity contribution in [2.24, 2.45) is 0 Å². The average molecular weight is 309 g/mol. The Labute approximate surface area is 115 Å². The molecule has 0 atom stereocenters. The predicted molar refractivity (Wildman–Crippen MR) is 76.9 cm³/mol. The van der Waals surface area contributed by atoms with E-state index in [1.165, 1.54) is 5.56 Å². The van der Waals surface area contributed by atoms with E-state index >= 15 is 0 Å². The van der Waals surface area contributed by atoms with Crippen molar-refractivity contribution in [2.75, 3.05) is 5.73 Å². The van der Waals surface area contributed by atoms with Crippen LogP contribution in [0, 0.1) is 6.92 Å². The van der Waals surface area contributed by atoms with E-state index < -0.39 is 0 Å². The normalized spacial score (nSPS) is 11.8. The second kappa shape index (κ2) is 4.39. The Kier molecular flexibility index (Phi) is 3.19. The lowest BCUT2D eigenvalue weighted by atomic mass is 9.91. The van der Waals surface area contributed by atoms with Crippen LogP contribution in [0.5, 0.6) is 0 Å². The summed E-state index contributed by atoms with van der Waals surface area (Å²) in [6.07, 6.45) is 0. The molecule has 2 rings (SSSR count). The van der Waals surface area contributed by atoms with Crippen molar-refractivity contribution in [3.8, 4) is 5.69 Å². The van der Waals surface area contributed by atoms with E-state index in [2.05, 4.69) is 60.0 Å². The molecule has 0 fully saturated rings. The van der Waals surface area contributed by atoms with Crippen molar-refractivity contribution in [2.45, 2.75) is 33.1 Å². The molecule has 1 aromatic carbocycles. The number of hydrogen-bond donors (Lipinski definition) is 1. The summed E-state index contributed by atoms with van der Waals surface area (Å²) in [5.41, 5.74) is 8.89. The molecule has 18 heavy (non-hydrogen) atoms. The van der Waals surface area contributed by atoms with Crippen molar-refractivity contribution in [1.82, 2.24) is 15.0 Å². The molecule has 5 heteroatoms. The van der Waals surface area contributed by atoms with Gasteiger partial charge in [0, 0.05) is 9.89 Å². The zero-order valence-electron chi connectivity index (χ0n) is 11.0. The van der Waals surface area contributed by atoms with Crippen molar-refractivity contribution >= 4 is 21.7 Å². The molecule has 0 bridgehead atoms. The lowest BCUT2D eigenvalue weighted by molar-refractivity contribution is 0.544. The molecule has 4 nitrogen and oxygen atoms in total. The first kappa shape index (κ1) is 13.1. The van der Waals surface area contributed by atoms with Gasteiger partial charge in [0.2, 0.25) is 0 Å². The molecule has 0 amide bonds. The Balaban J connectivity index is 2.65. The lowest BCUT2D eigenvalue weighted by Crippen LogP contribution is -2.19. The minimum absolute atomic E-state index is 0.113. The molecule has 0 saturated heterocycles. The summed E-state index contributed by atoms with van der Waals surface area (Å²) in [5.74, 6) is 0.481. The first-order valence-corrected chi connectivity index (χ1v) is 6.58. The maximum Gasteiger partial charge on any atom is 0.170 e. The summed E-state index contributed by atoms with van der Waals surface area (Å²) in [5, 5.41) is 8.15. The Bertz CT molecular complexity index is 581. The fraction of sp³-hybridized carbons (Fsp3) is 0.385. The topological polar surface area (TPSA) is 56.7 Å². The van der Waals surface area contributed by atoms with Gasteiger partial charge in [-0.3, -0.25) is 0 Å². The number of halogens is 1. The first-order valence-electron chi connectivity index (χ1n) is 5.79. The third kappa shape index (κ3) is 2.27. The van der Waals surface area contributed by atoms with Gasteiger partial charge >= 0.3 is 0 Å². The van der Waals surface area contributed by atoms with E-state index in [0.717, 1.165) is 15.9 Å². The number of nitrogen functional groups attached to an aromatic ring is 1. The zero-order valence-corrected chi connectivity index (χ0v) is 12.6. The van der Waals surface area contributed by atoms with E-state index in [-0.39, 0.29) is 5.41 Å². The second-order valence-electron chi connectivity index (χ2n) is 5.44. The standard InChI is InChI=1S/C13H17BrN4/c1-8-5-6-10(9(14)7-8)18-11(13(2,3)4)12(15)16-17-18/h5-7H,15H2,1-4H3. The minimum Gasteiger partial charge on any atom is -0.381 e. The Hall–Kier alpha value is -1.36. The van der Waals surface area contributed by atoms with Gasteiger partial charge in [0.15, 0.2) is 5.82 Å². The third-order valence-corrected chi connectivity index (χ3v) is 3.37. The van der Waals surface area contributed by atoms with Crippen LogP contribution in [0.25, 0.3) is 5.69 Å². The smallest absolute Gasteiger partial charge is 0.170 e. The Morgan fingerprint density at radius 2 is 1.94 bits per heavy atom. The summed E-state index contributed by atoms with van der Waals surface area (Å²) < 4.78 is 2.79. The van der Waals surface area contributed by atoms with Gasteiger partial charge in [0.25, 0.3) is 0 Å². The zero-order chi connectivity index (χ0) is 13.5. The van der Waals surface area contributed by atoms with Crippen molar-refractivity contribution < 1.29 is 0 Å². The van der Waals surface area contributed by atoms with E-state index in [1.807, 2.05) is 12.1 Å². The fourth-order valence-corrected chi connectivity index (χ4v) is 2.61. The van der Waals surface area contributed by atoms with Gasteiger partial charge in [-0.1, -0.05) is 32.1 Å². The quantitative estimate of drug-likeness (QED) is 0.880. The van der Waals surface area contributed by atoms with Gasteiger partial charge in [-0.05, 0) is 40.5 Å². The molecular formula is C13H17BrN4. The SMILES string of the molecule is Cc1ccc(-n2nnc(N)c2C(C)(C)C)c(Br)c1. The van der Waals surface area contributed by atoms with Crippen LogP contribution >= 0.6 is 15.9 Å². The molecular weight excluding hydrogens is 292 g/mol. The highest BCUT2D eigenvalue weighted by Crippen LogP contribution is 2.31. The van der Waals surface area contributed by atoms with Gasteiger partial charge in [-0.15, -0.1) is 5.10 Å². The Morgan fingerprint density at radius 3 is 2.50 bits per heavy atom. The highest BCUT2D eigenvalue weighted by Gasteiger charge is 2.25. The van der Waals surface area contributed by atoms with Crippen LogP contribution in [0.2, 0.25) is 0 Å². The average Bonchev–Trinajstić information content (AvgIpc) is 2.59. The summed E-state index contributed by atoms with van der Waals surface area (Å²) in [7, 11) is 0.